The van der Waals surface area contributed by atoms with Crippen LogP contribution in [0.15, 0.2) is 43.2 Å². The standard InChI is InChI=1S/C14H14N4O2/c1-2-5-15-13-7-14(17-8-16-13)18-10-3-4-11-12(6-10)20-9-19-11/h2-4,6-8H,1,5,9H2,(H2,15,16,17,18). The molecule has 2 N–H and O–H groups in total. The summed E-state index contributed by atoms with van der Waals surface area (Å²) < 4.78 is 10.6. The molecule has 0 saturated heterocycles. The Morgan fingerprint density at radius 3 is 2.90 bits per heavy atom. The van der Waals surface area contributed by atoms with E-state index < -0.39 is 0 Å². The number of hydrogen-bond donors (Lipinski definition) is 2. The Balaban J connectivity index is 1.75. The van der Waals surface area contributed by atoms with Gasteiger partial charge < -0.3 is 20.1 Å². The summed E-state index contributed by atoms with van der Waals surface area (Å²) >= 11 is 0. The van der Waals surface area contributed by atoms with Gasteiger partial charge in [0.25, 0.3) is 0 Å². The molecule has 1 aliphatic heterocycles. The van der Waals surface area contributed by atoms with E-state index in [0.29, 0.717) is 12.4 Å². The largest absolute Gasteiger partial charge is 0.454 e. The number of nitrogens with one attached hydrogen (secondary N) is 2. The molecule has 0 bridgehead atoms. The molecule has 1 aromatic heterocycles. The Hall–Kier alpha value is -2.76. The van der Waals surface area contributed by atoms with Crippen LogP contribution in [0.25, 0.3) is 0 Å². The first-order chi connectivity index (χ1) is 9.85. The topological polar surface area (TPSA) is 68.3 Å². The van der Waals surface area contributed by atoms with Crippen molar-refractivity contribution in [3.05, 3.63) is 43.2 Å². The summed E-state index contributed by atoms with van der Waals surface area (Å²) in [5.41, 5.74) is 0.877. The Bertz CT molecular complexity index is 630. The highest BCUT2D eigenvalue weighted by Gasteiger charge is 2.13. The van der Waals surface area contributed by atoms with Gasteiger partial charge in [0.1, 0.15) is 18.0 Å². The monoisotopic (exact) mass is 270 g/mol. The summed E-state index contributed by atoms with van der Waals surface area (Å²) in [6.45, 7) is 4.57. The highest BCUT2D eigenvalue weighted by molar-refractivity contribution is 5.63. The van der Waals surface area contributed by atoms with Crippen LogP contribution >= 0.6 is 0 Å². The van der Waals surface area contributed by atoms with Gasteiger partial charge in [0.2, 0.25) is 6.79 Å². The molecule has 0 aliphatic carbocycles. The van der Waals surface area contributed by atoms with Crippen molar-refractivity contribution in [2.24, 2.45) is 0 Å². The van der Waals surface area contributed by atoms with Crippen molar-refractivity contribution in [2.45, 2.75) is 0 Å². The maximum absolute atomic E-state index is 5.34. The fourth-order valence-corrected chi connectivity index (χ4v) is 1.82. The van der Waals surface area contributed by atoms with Crippen LogP contribution in [0, 0.1) is 0 Å². The predicted octanol–water partition coefficient (Wildman–Crippen LogP) is 2.55. The maximum Gasteiger partial charge on any atom is 0.231 e. The van der Waals surface area contributed by atoms with Crippen molar-refractivity contribution in [1.29, 1.82) is 0 Å². The Labute approximate surface area is 116 Å². The van der Waals surface area contributed by atoms with Crippen LogP contribution in [-0.2, 0) is 0 Å². The van der Waals surface area contributed by atoms with Gasteiger partial charge >= 0.3 is 0 Å². The molecule has 0 unspecified atom stereocenters. The minimum Gasteiger partial charge on any atom is -0.454 e. The van der Waals surface area contributed by atoms with Crippen LogP contribution in [0.4, 0.5) is 17.3 Å². The number of aromatic nitrogens is 2. The number of rotatable bonds is 5. The Kier molecular flexibility index (Phi) is 3.36. The van der Waals surface area contributed by atoms with Crippen LogP contribution < -0.4 is 20.1 Å². The third-order valence-corrected chi connectivity index (χ3v) is 2.74. The maximum atomic E-state index is 5.34. The van der Waals surface area contributed by atoms with E-state index in [0.717, 1.165) is 23.0 Å². The smallest absolute Gasteiger partial charge is 0.231 e. The quantitative estimate of drug-likeness (QED) is 0.814. The molecule has 6 nitrogen and oxygen atoms in total. The lowest BCUT2D eigenvalue weighted by atomic mass is 10.3. The molecule has 20 heavy (non-hydrogen) atoms. The first-order valence-electron chi connectivity index (χ1n) is 6.18. The number of nitrogens with zero attached hydrogens (tertiary/aromatic N) is 2. The van der Waals surface area contributed by atoms with E-state index in [2.05, 4.69) is 27.2 Å². The SMILES string of the molecule is C=CCNc1cc(Nc2ccc3c(c2)OCO3)ncn1. The van der Waals surface area contributed by atoms with Gasteiger partial charge in [0.15, 0.2) is 11.5 Å². The average molecular weight is 270 g/mol. The third kappa shape index (κ3) is 2.64. The summed E-state index contributed by atoms with van der Waals surface area (Å²) in [4.78, 5) is 8.30. The fraction of sp³-hybridized carbons (Fsp3) is 0.143. The molecule has 102 valence electrons. The van der Waals surface area contributed by atoms with Crippen molar-refractivity contribution in [2.75, 3.05) is 24.0 Å². The summed E-state index contributed by atoms with van der Waals surface area (Å²) in [6, 6.07) is 7.48. The third-order valence-electron chi connectivity index (χ3n) is 2.74. The predicted molar refractivity (Wildman–Crippen MR) is 76.6 cm³/mol. The molecular formula is C14H14N4O2. The number of ether oxygens (including phenoxy) is 2. The summed E-state index contributed by atoms with van der Waals surface area (Å²) in [6.07, 6.45) is 3.27. The molecule has 0 fully saturated rings. The molecule has 3 rings (SSSR count). The van der Waals surface area contributed by atoms with Crippen molar-refractivity contribution in [3.8, 4) is 11.5 Å². The molecule has 2 heterocycles. The Morgan fingerprint density at radius 2 is 2.00 bits per heavy atom. The summed E-state index contributed by atoms with van der Waals surface area (Å²) in [5, 5.41) is 6.31. The van der Waals surface area contributed by atoms with E-state index in [1.54, 1.807) is 6.08 Å². The molecule has 0 amide bonds. The molecular weight excluding hydrogens is 256 g/mol. The van der Waals surface area contributed by atoms with Crippen LogP contribution in [0.2, 0.25) is 0 Å². The van der Waals surface area contributed by atoms with Gasteiger partial charge in [0, 0.05) is 24.4 Å². The van der Waals surface area contributed by atoms with Crippen LogP contribution in [0.3, 0.4) is 0 Å². The number of benzene rings is 1. The fourth-order valence-electron chi connectivity index (χ4n) is 1.82. The highest BCUT2D eigenvalue weighted by Crippen LogP contribution is 2.34. The molecule has 2 aromatic rings. The second-order valence-electron chi connectivity index (χ2n) is 4.15. The number of hydrogen-bond acceptors (Lipinski definition) is 6. The van der Waals surface area contributed by atoms with Gasteiger partial charge in [-0.3, -0.25) is 0 Å². The van der Waals surface area contributed by atoms with Crippen molar-refractivity contribution >= 4 is 17.3 Å². The van der Waals surface area contributed by atoms with Crippen LogP contribution in [0.1, 0.15) is 0 Å². The van der Waals surface area contributed by atoms with E-state index >= 15 is 0 Å². The van der Waals surface area contributed by atoms with Crippen molar-refractivity contribution in [1.82, 2.24) is 9.97 Å². The average Bonchev–Trinajstić information content (AvgIpc) is 2.93. The van der Waals surface area contributed by atoms with E-state index in [4.69, 9.17) is 9.47 Å². The van der Waals surface area contributed by atoms with E-state index in [9.17, 15) is 0 Å². The number of fused-ring (bicyclic) bond motifs is 1. The van der Waals surface area contributed by atoms with Crippen molar-refractivity contribution in [3.63, 3.8) is 0 Å². The van der Waals surface area contributed by atoms with Gasteiger partial charge in [-0.15, -0.1) is 6.58 Å². The van der Waals surface area contributed by atoms with E-state index in [1.807, 2.05) is 24.3 Å². The zero-order valence-corrected chi connectivity index (χ0v) is 10.8. The lowest BCUT2D eigenvalue weighted by Crippen LogP contribution is -2.02. The molecule has 1 aliphatic rings. The van der Waals surface area contributed by atoms with Gasteiger partial charge in [-0.25, -0.2) is 9.97 Å². The van der Waals surface area contributed by atoms with Gasteiger partial charge in [-0.05, 0) is 12.1 Å². The van der Waals surface area contributed by atoms with E-state index in [-0.39, 0.29) is 6.79 Å². The minimum atomic E-state index is 0.266. The lowest BCUT2D eigenvalue weighted by molar-refractivity contribution is 0.174. The zero-order valence-electron chi connectivity index (χ0n) is 10.8. The van der Waals surface area contributed by atoms with E-state index in [1.165, 1.54) is 6.33 Å². The molecule has 0 radical (unpaired) electrons. The first kappa shape index (κ1) is 12.3. The van der Waals surface area contributed by atoms with Crippen molar-refractivity contribution < 1.29 is 9.47 Å². The van der Waals surface area contributed by atoms with Gasteiger partial charge in [-0.2, -0.15) is 0 Å². The molecule has 0 saturated carbocycles. The van der Waals surface area contributed by atoms with Gasteiger partial charge in [0.05, 0.1) is 0 Å². The molecule has 0 atom stereocenters. The first-order valence-corrected chi connectivity index (χ1v) is 6.18. The number of anilines is 3. The summed E-state index contributed by atoms with van der Waals surface area (Å²) in [5.74, 6) is 2.93. The minimum absolute atomic E-state index is 0.266. The lowest BCUT2D eigenvalue weighted by Gasteiger charge is -2.08. The van der Waals surface area contributed by atoms with Crippen LogP contribution in [0.5, 0.6) is 11.5 Å². The van der Waals surface area contributed by atoms with Gasteiger partial charge in [-0.1, -0.05) is 6.08 Å². The summed E-state index contributed by atoms with van der Waals surface area (Å²) in [7, 11) is 0. The van der Waals surface area contributed by atoms with Crippen LogP contribution in [-0.4, -0.2) is 23.3 Å². The Morgan fingerprint density at radius 1 is 1.15 bits per heavy atom. The zero-order chi connectivity index (χ0) is 13.8. The molecule has 1 aromatic carbocycles. The molecule has 6 heteroatoms. The second kappa shape index (κ2) is 5.48. The molecule has 0 spiro atoms. The second-order valence-corrected chi connectivity index (χ2v) is 4.15. The normalized spacial score (nSPS) is 12.0. The highest BCUT2D eigenvalue weighted by atomic mass is 16.7.